The summed E-state index contributed by atoms with van der Waals surface area (Å²) in [4.78, 5) is 13.2. The van der Waals surface area contributed by atoms with E-state index in [1.165, 1.54) is 37.7 Å². The predicted molar refractivity (Wildman–Crippen MR) is 105 cm³/mol. The van der Waals surface area contributed by atoms with Crippen molar-refractivity contribution in [3.8, 4) is 0 Å². The molecule has 4 rings (SSSR count). The molecule has 0 aliphatic heterocycles. The Kier molecular flexibility index (Phi) is 4.66. The van der Waals surface area contributed by atoms with Crippen LogP contribution in [-0.2, 0) is 0 Å². The zero-order valence-corrected chi connectivity index (χ0v) is 15.4. The van der Waals surface area contributed by atoms with Crippen molar-refractivity contribution in [2.24, 2.45) is 0 Å². The SMILES string of the molecule is CN(c1ccc(C2CCCCC2)cc1)c1ccc([N+](=O)[O-])c(C2CC2)c1. The van der Waals surface area contributed by atoms with Crippen LogP contribution in [0.2, 0.25) is 0 Å². The van der Waals surface area contributed by atoms with Crippen LogP contribution in [0, 0.1) is 10.1 Å². The highest BCUT2D eigenvalue weighted by atomic mass is 16.6. The van der Waals surface area contributed by atoms with E-state index in [0.29, 0.717) is 11.8 Å². The molecule has 0 saturated heterocycles. The Bertz CT molecular complexity index is 790. The van der Waals surface area contributed by atoms with Gasteiger partial charge in [0.25, 0.3) is 5.69 Å². The van der Waals surface area contributed by atoms with Crippen molar-refractivity contribution in [2.75, 3.05) is 11.9 Å². The fourth-order valence-corrected chi connectivity index (χ4v) is 4.19. The van der Waals surface area contributed by atoms with Crippen molar-refractivity contribution < 1.29 is 4.92 Å². The normalized spacial score (nSPS) is 17.9. The van der Waals surface area contributed by atoms with E-state index in [-0.39, 0.29) is 10.6 Å². The summed E-state index contributed by atoms with van der Waals surface area (Å²) in [6.45, 7) is 0. The molecule has 2 aliphatic rings. The van der Waals surface area contributed by atoms with Crippen LogP contribution in [0.3, 0.4) is 0 Å². The molecule has 0 unspecified atom stereocenters. The van der Waals surface area contributed by atoms with Gasteiger partial charge in [0.1, 0.15) is 0 Å². The summed E-state index contributed by atoms with van der Waals surface area (Å²) in [5.74, 6) is 1.07. The smallest absolute Gasteiger partial charge is 0.273 e. The van der Waals surface area contributed by atoms with E-state index in [1.807, 2.05) is 19.2 Å². The molecule has 2 saturated carbocycles. The van der Waals surface area contributed by atoms with Gasteiger partial charge in [-0.3, -0.25) is 10.1 Å². The van der Waals surface area contributed by atoms with Crippen LogP contribution in [0.25, 0.3) is 0 Å². The first-order valence-electron chi connectivity index (χ1n) is 9.75. The Labute approximate surface area is 155 Å². The summed E-state index contributed by atoms with van der Waals surface area (Å²) < 4.78 is 0. The maximum atomic E-state index is 11.3. The monoisotopic (exact) mass is 350 g/mol. The van der Waals surface area contributed by atoms with Gasteiger partial charge in [0.15, 0.2) is 0 Å². The average Bonchev–Trinajstić information content (AvgIpc) is 3.53. The Morgan fingerprint density at radius 2 is 1.54 bits per heavy atom. The van der Waals surface area contributed by atoms with Crippen molar-refractivity contribution in [2.45, 2.75) is 56.8 Å². The quantitative estimate of drug-likeness (QED) is 0.470. The number of anilines is 2. The second-order valence-corrected chi connectivity index (χ2v) is 7.76. The van der Waals surface area contributed by atoms with Crippen molar-refractivity contribution in [1.29, 1.82) is 0 Å². The van der Waals surface area contributed by atoms with E-state index in [9.17, 15) is 10.1 Å². The summed E-state index contributed by atoms with van der Waals surface area (Å²) in [7, 11) is 2.04. The largest absolute Gasteiger partial charge is 0.345 e. The summed E-state index contributed by atoms with van der Waals surface area (Å²) in [6, 6.07) is 14.4. The minimum Gasteiger partial charge on any atom is -0.345 e. The third-order valence-electron chi connectivity index (χ3n) is 5.97. The first kappa shape index (κ1) is 17.1. The van der Waals surface area contributed by atoms with Gasteiger partial charge in [-0.25, -0.2) is 0 Å². The standard InChI is InChI=1S/C22H26N2O2/c1-23(19-11-9-17(10-12-19)16-5-3-2-4-6-16)20-13-14-22(24(25)26)21(15-20)18-7-8-18/h9-16,18H,2-8H2,1H3. The van der Waals surface area contributed by atoms with Gasteiger partial charge in [-0.15, -0.1) is 0 Å². The molecule has 4 nitrogen and oxygen atoms in total. The summed E-state index contributed by atoms with van der Waals surface area (Å²) in [5, 5.41) is 11.3. The van der Waals surface area contributed by atoms with Crippen LogP contribution in [0.5, 0.6) is 0 Å². The highest BCUT2D eigenvalue weighted by Gasteiger charge is 2.31. The van der Waals surface area contributed by atoms with E-state index in [4.69, 9.17) is 0 Å². The minimum atomic E-state index is -0.254. The Morgan fingerprint density at radius 3 is 2.15 bits per heavy atom. The van der Waals surface area contributed by atoms with Crippen LogP contribution >= 0.6 is 0 Å². The van der Waals surface area contributed by atoms with E-state index < -0.39 is 0 Å². The maximum Gasteiger partial charge on any atom is 0.273 e. The lowest BCUT2D eigenvalue weighted by Crippen LogP contribution is -2.11. The van der Waals surface area contributed by atoms with Crippen LogP contribution < -0.4 is 4.90 Å². The van der Waals surface area contributed by atoms with Crippen molar-refractivity contribution in [1.82, 2.24) is 0 Å². The Balaban J connectivity index is 1.56. The molecule has 0 amide bonds. The third-order valence-corrected chi connectivity index (χ3v) is 5.97. The van der Waals surface area contributed by atoms with Crippen molar-refractivity contribution >= 4 is 17.1 Å². The van der Waals surface area contributed by atoms with Gasteiger partial charge in [-0.1, -0.05) is 31.4 Å². The highest BCUT2D eigenvalue weighted by molar-refractivity contribution is 5.66. The molecular formula is C22H26N2O2. The molecule has 2 aromatic rings. The molecule has 0 aromatic heterocycles. The Hall–Kier alpha value is -2.36. The van der Waals surface area contributed by atoms with Crippen LogP contribution in [0.4, 0.5) is 17.1 Å². The molecule has 26 heavy (non-hydrogen) atoms. The Morgan fingerprint density at radius 1 is 0.885 bits per heavy atom. The summed E-state index contributed by atoms with van der Waals surface area (Å²) in [6.07, 6.45) is 8.80. The molecule has 136 valence electrons. The van der Waals surface area contributed by atoms with E-state index >= 15 is 0 Å². The van der Waals surface area contributed by atoms with Gasteiger partial charge in [-0.2, -0.15) is 0 Å². The summed E-state index contributed by atoms with van der Waals surface area (Å²) >= 11 is 0. The average molecular weight is 350 g/mol. The fraction of sp³-hybridized carbons (Fsp3) is 0.455. The molecule has 0 bridgehead atoms. The number of hydrogen-bond acceptors (Lipinski definition) is 3. The van der Waals surface area contributed by atoms with E-state index in [0.717, 1.165) is 29.8 Å². The van der Waals surface area contributed by atoms with E-state index in [2.05, 4.69) is 29.2 Å². The topological polar surface area (TPSA) is 46.4 Å². The van der Waals surface area contributed by atoms with Crippen LogP contribution in [-0.4, -0.2) is 12.0 Å². The number of rotatable bonds is 5. The van der Waals surface area contributed by atoms with Crippen molar-refractivity contribution in [3.63, 3.8) is 0 Å². The molecule has 0 spiro atoms. The van der Waals surface area contributed by atoms with E-state index in [1.54, 1.807) is 6.07 Å². The molecule has 0 N–H and O–H groups in total. The zero-order chi connectivity index (χ0) is 18.1. The molecule has 4 heteroatoms. The number of hydrogen-bond donors (Lipinski definition) is 0. The maximum absolute atomic E-state index is 11.3. The minimum absolute atomic E-state index is 0.254. The molecule has 0 radical (unpaired) electrons. The fourth-order valence-electron chi connectivity index (χ4n) is 4.19. The molecule has 2 fully saturated rings. The van der Waals surface area contributed by atoms with Gasteiger partial charge >= 0.3 is 0 Å². The second kappa shape index (κ2) is 7.10. The van der Waals surface area contributed by atoms with Crippen LogP contribution in [0.1, 0.15) is 67.9 Å². The van der Waals surface area contributed by atoms with Gasteiger partial charge in [0.2, 0.25) is 0 Å². The first-order valence-corrected chi connectivity index (χ1v) is 9.75. The molecule has 2 aromatic carbocycles. The number of nitro benzene ring substituents is 1. The number of nitro groups is 1. The lowest BCUT2D eigenvalue weighted by Gasteiger charge is -2.24. The highest BCUT2D eigenvalue weighted by Crippen LogP contribution is 2.45. The molecule has 0 heterocycles. The zero-order valence-electron chi connectivity index (χ0n) is 15.4. The summed E-state index contributed by atoms with van der Waals surface area (Å²) in [5.41, 5.74) is 4.74. The first-order chi connectivity index (χ1) is 12.6. The van der Waals surface area contributed by atoms with Crippen molar-refractivity contribution in [3.05, 3.63) is 63.7 Å². The van der Waals surface area contributed by atoms with Gasteiger partial charge < -0.3 is 4.90 Å². The number of benzene rings is 2. The molecular weight excluding hydrogens is 324 g/mol. The lowest BCUT2D eigenvalue weighted by molar-refractivity contribution is -0.385. The number of nitrogens with zero attached hydrogens (tertiary/aromatic N) is 2. The third kappa shape index (κ3) is 3.46. The van der Waals surface area contributed by atoms with Gasteiger partial charge in [-0.05, 0) is 67.3 Å². The predicted octanol–water partition coefficient (Wildman–Crippen LogP) is 6.29. The van der Waals surface area contributed by atoms with Crippen LogP contribution in [0.15, 0.2) is 42.5 Å². The lowest BCUT2D eigenvalue weighted by atomic mass is 9.84. The second-order valence-electron chi connectivity index (χ2n) is 7.76. The van der Waals surface area contributed by atoms with Gasteiger partial charge in [0, 0.05) is 30.1 Å². The van der Waals surface area contributed by atoms with Gasteiger partial charge in [0.05, 0.1) is 4.92 Å². The molecule has 0 atom stereocenters. The molecule has 2 aliphatic carbocycles.